The third kappa shape index (κ3) is 6.77. The molecule has 0 aromatic heterocycles. The van der Waals surface area contributed by atoms with Gasteiger partial charge in [-0.15, -0.1) is 11.1 Å². The van der Waals surface area contributed by atoms with Gasteiger partial charge in [0.25, 0.3) is 0 Å². The van der Waals surface area contributed by atoms with Gasteiger partial charge < -0.3 is 24.8 Å². The van der Waals surface area contributed by atoms with Crippen LogP contribution in [0.2, 0.25) is 0 Å². The Labute approximate surface area is 199 Å². The average molecular weight is 507 g/mol. The van der Waals surface area contributed by atoms with Crippen molar-refractivity contribution in [2.75, 3.05) is 0 Å². The van der Waals surface area contributed by atoms with Crippen LogP contribution >= 0.6 is 0 Å². The summed E-state index contributed by atoms with van der Waals surface area (Å²) >= 11 is 1.58. The van der Waals surface area contributed by atoms with Crippen LogP contribution in [-0.2, 0) is 35.2 Å². The Morgan fingerprint density at radius 3 is 2.18 bits per heavy atom. The molecule has 0 saturated carbocycles. The predicted octanol–water partition coefficient (Wildman–Crippen LogP) is -0.533. The van der Waals surface area contributed by atoms with Gasteiger partial charge in [-0.05, 0) is 6.42 Å². The zero-order chi connectivity index (χ0) is 19.3. The summed E-state index contributed by atoms with van der Waals surface area (Å²) in [7, 11) is 0. The molecule has 4 rings (SSSR count). The van der Waals surface area contributed by atoms with Crippen molar-refractivity contribution in [2.45, 2.75) is 46.5 Å². The second-order valence-electron chi connectivity index (χ2n) is 7.73. The zero-order valence-electron chi connectivity index (χ0n) is 17.4. The van der Waals surface area contributed by atoms with E-state index in [1.165, 1.54) is 38.9 Å². The van der Waals surface area contributed by atoms with E-state index in [4.69, 9.17) is 0 Å². The Hall–Kier alpha value is -0.530. The van der Waals surface area contributed by atoms with E-state index in [0.717, 1.165) is 6.42 Å². The average Bonchev–Trinajstić information content (AvgIpc) is 3.26. The Morgan fingerprint density at radius 1 is 1.00 bits per heavy atom. The number of aryl methyl sites for hydroxylation is 2. The quantitative estimate of drug-likeness (QED) is 0.222. The molecule has 0 amide bonds. The molecule has 0 fully saturated rings. The zero-order valence-corrected chi connectivity index (χ0v) is 22.8. The van der Waals surface area contributed by atoms with Crippen LogP contribution < -0.4 is 24.8 Å². The summed E-state index contributed by atoms with van der Waals surface area (Å²) < 4.78 is 0. The summed E-state index contributed by atoms with van der Waals surface area (Å²) in [6.45, 7) is 12.9. The molecule has 1 aliphatic carbocycles. The molecule has 4 heteroatoms. The molecule has 0 saturated heterocycles. The van der Waals surface area contributed by atoms with Gasteiger partial charge in [-0.1, -0.05) is 75.4 Å². The van der Waals surface area contributed by atoms with E-state index in [2.05, 4.69) is 95.3 Å². The van der Waals surface area contributed by atoms with Crippen molar-refractivity contribution < 1.29 is 48.1 Å². The van der Waals surface area contributed by atoms with Gasteiger partial charge in [0.05, 0.1) is 0 Å². The molecular formula is C24H28Cl2SiZr-2. The van der Waals surface area contributed by atoms with Gasteiger partial charge in [0.1, 0.15) is 0 Å². The number of benzene rings is 2. The van der Waals surface area contributed by atoms with E-state index < -0.39 is 0 Å². The molecular weight excluding hydrogens is 478 g/mol. The monoisotopic (exact) mass is 504 g/mol. The summed E-state index contributed by atoms with van der Waals surface area (Å²) in [5.41, 5.74) is 9.94. The summed E-state index contributed by atoms with van der Waals surface area (Å²) in [4.78, 5) is 0. The fourth-order valence-electron chi connectivity index (χ4n) is 3.19. The van der Waals surface area contributed by atoms with Crippen molar-refractivity contribution in [3.63, 3.8) is 0 Å². The molecule has 0 atom stereocenters. The van der Waals surface area contributed by atoms with Crippen LogP contribution in [0.25, 0.3) is 11.1 Å². The Balaban J connectivity index is 0.000000491. The van der Waals surface area contributed by atoms with E-state index in [1.54, 1.807) is 23.3 Å². The molecule has 0 bridgehead atoms. The van der Waals surface area contributed by atoms with Crippen LogP contribution in [0.4, 0.5) is 0 Å². The van der Waals surface area contributed by atoms with Crippen molar-refractivity contribution >= 4 is 6.88 Å². The number of rotatable bonds is 0. The molecule has 0 unspecified atom stereocenters. The van der Waals surface area contributed by atoms with Crippen LogP contribution in [0.1, 0.15) is 48.6 Å². The molecule has 0 spiro atoms. The molecule has 0 heterocycles. The van der Waals surface area contributed by atoms with Gasteiger partial charge >= 0.3 is 30.2 Å². The topological polar surface area (TPSA) is 0 Å². The second kappa shape index (κ2) is 12.2. The molecule has 0 radical (unpaired) electrons. The maximum atomic E-state index is 3.50. The number of fused-ring (bicyclic) bond motifs is 3. The van der Waals surface area contributed by atoms with Gasteiger partial charge in [0, 0.05) is 0 Å². The van der Waals surface area contributed by atoms with Gasteiger partial charge in [-0.3, -0.25) is 0 Å². The first-order valence-electron chi connectivity index (χ1n) is 9.04. The molecule has 148 valence electrons. The fraction of sp³-hybridized carbons (Fsp3) is 0.292. The van der Waals surface area contributed by atoms with Crippen LogP contribution in [0.3, 0.4) is 0 Å². The van der Waals surface area contributed by atoms with Gasteiger partial charge in [-0.25, -0.2) is 6.07 Å². The van der Waals surface area contributed by atoms with Crippen LogP contribution in [0.5, 0.6) is 0 Å². The predicted molar refractivity (Wildman–Crippen MR) is 112 cm³/mol. The molecule has 3 aromatic carbocycles. The van der Waals surface area contributed by atoms with E-state index in [-0.39, 0.29) is 24.8 Å². The van der Waals surface area contributed by atoms with Gasteiger partial charge in [-0.2, -0.15) is 47.0 Å². The molecule has 0 aliphatic heterocycles. The van der Waals surface area contributed by atoms with E-state index in [1.807, 2.05) is 6.88 Å². The second-order valence-corrected chi connectivity index (χ2v) is 7.73. The Bertz CT molecular complexity index is 865. The summed E-state index contributed by atoms with van der Waals surface area (Å²) in [6.07, 6.45) is 1.05. The fourth-order valence-corrected chi connectivity index (χ4v) is 3.19. The molecule has 28 heavy (non-hydrogen) atoms. The summed E-state index contributed by atoms with van der Waals surface area (Å²) in [6, 6.07) is 23.0. The number of hydrogen-bond acceptors (Lipinski definition) is 0. The van der Waals surface area contributed by atoms with Crippen LogP contribution in [0, 0.1) is 19.9 Å². The first kappa shape index (κ1) is 27.5. The standard InChI is InChI=1S/C15H13.C9H13.2ClH.H2Si.Zr/c1-10-7-13-9-12-5-3-4-6-14(12)15(13)8-11(10)2;1-9(2,3)8-6-4-5-7-8;;;;/h3-6,8H,9H2,1-2H3;4-7H,1-3H3;2*1H;1H2;/q2*-1;;;;+2/p-2. The van der Waals surface area contributed by atoms with Crippen molar-refractivity contribution in [2.24, 2.45) is 0 Å². The van der Waals surface area contributed by atoms with E-state index >= 15 is 0 Å². The Morgan fingerprint density at radius 2 is 1.64 bits per heavy atom. The third-order valence-corrected chi connectivity index (χ3v) is 4.82. The SMILES string of the molecule is CC(C)(C)c1cc[cH-]c1.Cc1[c-]c2c(cc1C)-c1ccccc1C2.[Cl-].[Cl-].[SiH2]=[Zr+2]. The summed E-state index contributed by atoms with van der Waals surface area (Å²) in [5.74, 6) is 0. The Kier molecular flexibility index (Phi) is 12.0. The summed E-state index contributed by atoms with van der Waals surface area (Å²) in [5, 5.41) is 0. The van der Waals surface area contributed by atoms with Crippen molar-refractivity contribution in [1.82, 2.24) is 0 Å². The van der Waals surface area contributed by atoms with E-state index in [9.17, 15) is 0 Å². The normalized spacial score (nSPS) is 10.7. The number of halogens is 2. The molecule has 1 aliphatic rings. The maximum absolute atomic E-state index is 3.50. The minimum absolute atomic E-state index is 0. The van der Waals surface area contributed by atoms with E-state index in [0.29, 0.717) is 5.41 Å². The van der Waals surface area contributed by atoms with Crippen LogP contribution in [-0.4, -0.2) is 6.88 Å². The van der Waals surface area contributed by atoms with Gasteiger partial charge in [0.15, 0.2) is 0 Å². The first-order valence-corrected chi connectivity index (χ1v) is 15.0. The minimum atomic E-state index is 0. The third-order valence-electron chi connectivity index (χ3n) is 4.82. The van der Waals surface area contributed by atoms with Crippen LogP contribution in [0.15, 0.2) is 54.6 Å². The van der Waals surface area contributed by atoms with Crippen molar-refractivity contribution in [3.8, 4) is 11.1 Å². The molecule has 0 nitrogen and oxygen atoms in total. The molecule has 3 aromatic rings. The van der Waals surface area contributed by atoms with Crippen molar-refractivity contribution in [3.05, 3.63) is 88.5 Å². The first-order chi connectivity index (χ1) is 12.4. The number of hydrogen-bond donors (Lipinski definition) is 0. The van der Waals surface area contributed by atoms with Gasteiger partial charge in [0.2, 0.25) is 0 Å². The van der Waals surface area contributed by atoms with Crippen molar-refractivity contribution in [1.29, 1.82) is 0 Å². The molecule has 0 N–H and O–H groups in total.